The molecule has 0 bridgehead atoms. The van der Waals surface area contributed by atoms with E-state index < -0.39 is 12.1 Å². The zero-order valence-electron chi connectivity index (χ0n) is 11.4. The standard InChI is InChI=1S/C15H19NO4/c1-12(18)20-14(9-10-17)11-16-15(19)8-7-13-5-3-2-4-6-13/h2-8,14,17H,9-11H2,1H3,(H,16,19)/b8-7+/t14-/m1/s1. The van der Waals surface area contributed by atoms with Crippen molar-refractivity contribution in [3.8, 4) is 0 Å². The van der Waals surface area contributed by atoms with Crippen LogP contribution in [0.1, 0.15) is 18.9 Å². The Kier molecular flexibility index (Phi) is 7.06. The summed E-state index contributed by atoms with van der Waals surface area (Å²) in [7, 11) is 0. The van der Waals surface area contributed by atoms with Gasteiger partial charge in [-0.3, -0.25) is 9.59 Å². The van der Waals surface area contributed by atoms with E-state index in [1.165, 1.54) is 13.0 Å². The fraction of sp³-hybridized carbons (Fsp3) is 0.333. The molecule has 1 aromatic rings. The normalized spacial score (nSPS) is 12.1. The molecule has 0 aliphatic carbocycles. The Morgan fingerprint density at radius 3 is 2.65 bits per heavy atom. The summed E-state index contributed by atoms with van der Waals surface area (Å²) in [5.41, 5.74) is 0.926. The molecule has 0 unspecified atom stereocenters. The van der Waals surface area contributed by atoms with Crippen molar-refractivity contribution in [2.75, 3.05) is 13.2 Å². The second-order valence-electron chi connectivity index (χ2n) is 4.23. The maximum Gasteiger partial charge on any atom is 0.302 e. The summed E-state index contributed by atoms with van der Waals surface area (Å²) in [6.45, 7) is 1.37. The molecule has 1 rings (SSSR count). The molecule has 5 nitrogen and oxygen atoms in total. The first kappa shape index (κ1) is 15.9. The van der Waals surface area contributed by atoms with Crippen LogP contribution in [0.4, 0.5) is 0 Å². The van der Waals surface area contributed by atoms with Crippen LogP contribution >= 0.6 is 0 Å². The number of hydrogen-bond donors (Lipinski definition) is 2. The van der Waals surface area contributed by atoms with Crippen molar-refractivity contribution in [3.05, 3.63) is 42.0 Å². The van der Waals surface area contributed by atoms with Crippen LogP contribution in [0, 0.1) is 0 Å². The fourth-order valence-corrected chi connectivity index (χ4v) is 1.59. The van der Waals surface area contributed by atoms with Gasteiger partial charge in [-0.2, -0.15) is 0 Å². The van der Waals surface area contributed by atoms with Gasteiger partial charge < -0.3 is 15.2 Å². The average molecular weight is 277 g/mol. The van der Waals surface area contributed by atoms with Gasteiger partial charge in [-0.15, -0.1) is 0 Å². The molecule has 0 spiro atoms. The number of esters is 1. The quantitative estimate of drug-likeness (QED) is 0.578. The number of hydrogen-bond acceptors (Lipinski definition) is 4. The van der Waals surface area contributed by atoms with Gasteiger partial charge in [-0.05, 0) is 11.6 Å². The summed E-state index contributed by atoms with van der Waals surface area (Å²) in [6.07, 6.45) is 2.90. The number of benzene rings is 1. The number of aliphatic hydroxyl groups is 1. The summed E-state index contributed by atoms with van der Waals surface area (Å²) in [5.74, 6) is -0.707. The second-order valence-corrected chi connectivity index (χ2v) is 4.23. The molecule has 1 aromatic carbocycles. The molecule has 0 fully saturated rings. The Morgan fingerprint density at radius 1 is 1.35 bits per heavy atom. The van der Waals surface area contributed by atoms with E-state index in [2.05, 4.69) is 5.32 Å². The summed E-state index contributed by atoms with van der Waals surface area (Å²) in [6, 6.07) is 9.44. The van der Waals surface area contributed by atoms with Crippen LogP contribution in [0.25, 0.3) is 6.08 Å². The van der Waals surface area contributed by atoms with E-state index >= 15 is 0 Å². The molecule has 0 saturated carbocycles. The molecule has 5 heteroatoms. The third-order valence-electron chi connectivity index (χ3n) is 2.51. The molecular weight excluding hydrogens is 258 g/mol. The second kappa shape index (κ2) is 8.87. The van der Waals surface area contributed by atoms with Gasteiger partial charge in [-0.25, -0.2) is 0 Å². The average Bonchev–Trinajstić information content (AvgIpc) is 2.43. The van der Waals surface area contributed by atoms with Gasteiger partial charge in [-0.1, -0.05) is 30.3 Å². The summed E-state index contributed by atoms with van der Waals surface area (Å²) in [5, 5.41) is 11.5. The third kappa shape index (κ3) is 6.70. The van der Waals surface area contributed by atoms with E-state index in [-0.39, 0.29) is 19.1 Å². The maximum atomic E-state index is 11.6. The number of aliphatic hydroxyl groups excluding tert-OH is 1. The third-order valence-corrected chi connectivity index (χ3v) is 2.51. The predicted octanol–water partition coefficient (Wildman–Crippen LogP) is 1.13. The molecule has 2 N–H and O–H groups in total. The van der Waals surface area contributed by atoms with Crippen molar-refractivity contribution < 1.29 is 19.4 Å². The van der Waals surface area contributed by atoms with Crippen molar-refractivity contribution >= 4 is 18.0 Å². The topological polar surface area (TPSA) is 75.6 Å². The molecule has 0 aromatic heterocycles. The highest BCUT2D eigenvalue weighted by Crippen LogP contribution is 2.01. The Bertz CT molecular complexity index is 456. The number of nitrogens with one attached hydrogen (secondary N) is 1. The summed E-state index contributed by atoms with van der Waals surface area (Å²) in [4.78, 5) is 22.5. The molecule has 0 saturated heterocycles. The number of carbonyl (C=O) groups excluding carboxylic acids is 2. The molecule has 20 heavy (non-hydrogen) atoms. The molecule has 108 valence electrons. The van der Waals surface area contributed by atoms with Crippen LogP contribution in [0.5, 0.6) is 0 Å². The van der Waals surface area contributed by atoms with Crippen molar-refractivity contribution in [1.29, 1.82) is 0 Å². The van der Waals surface area contributed by atoms with Crippen LogP contribution < -0.4 is 5.32 Å². The zero-order chi connectivity index (χ0) is 14.8. The van der Waals surface area contributed by atoms with Crippen molar-refractivity contribution in [1.82, 2.24) is 5.32 Å². The molecule has 0 aliphatic rings. The highest BCUT2D eigenvalue weighted by atomic mass is 16.5. The largest absolute Gasteiger partial charge is 0.461 e. The van der Waals surface area contributed by atoms with Crippen LogP contribution in [0.15, 0.2) is 36.4 Å². The first-order valence-corrected chi connectivity index (χ1v) is 6.41. The monoisotopic (exact) mass is 277 g/mol. The minimum absolute atomic E-state index is 0.104. The highest BCUT2D eigenvalue weighted by molar-refractivity contribution is 5.91. The van der Waals surface area contributed by atoms with Gasteiger partial charge in [0.2, 0.25) is 5.91 Å². The molecule has 1 atom stereocenters. The molecule has 0 heterocycles. The van der Waals surface area contributed by atoms with E-state index in [1.54, 1.807) is 6.08 Å². The van der Waals surface area contributed by atoms with Gasteiger partial charge in [0.1, 0.15) is 6.10 Å². The van der Waals surface area contributed by atoms with Crippen LogP contribution in [-0.2, 0) is 14.3 Å². The van der Waals surface area contributed by atoms with E-state index in [0.29, 0.717) is 6.42 Å². The van der Waals surface area contributed by atoms with Crippen molar-refractivity contribution in [2.45, 2.75) is 19.4 Å². The van der Waals surface area contributed by atoms with Gasteiger partial charge in [0, 0.05) is 26.0 Å². The number of carbonyl (C=O) groups is 2. The maximum absolute atomic E-state index is 11.6. The number of rotatable bonds is 7. The molecule has 0 radical (unpaired) electrons. The number of amides is 1. The first-order valence-electron chi connectivity index (χ1n) is 6.41. The first-order chi connectivity index (χ1) is 9.61. The van der Waals surface area contributed by atoms with Gasteiger partial charge in [0.05, 0.1) is 6.54 Å². The Morgan fingerprint density at radius 2 is 2.05 bits per heavy atom. The SMILES string of the molecule is CC(=O)O[C@H](CCO)CNC(=O)/C=C/c1ccccc1. The Balaban J connectivity index is 2.41. The zero-order valence-corrected chi connectivity index (χ0v) is 11.4. The Hall–Kier alpha value is -2.14. The molecule has 1 amide bonds. The van der Waals surface area contributed by atoms with Gasteiger partial charge in [0.25, 0.3) is 0 Å². The van der Waals surface area contributed by atoms with Crippen LogP contribution in [0.3, 0.4) is 0 Å². The van der Waals surface area contributed by atoms with Crippen molar-refractivity contribution in [2.24, 2.45) is 0 Å². The predicted molar refractivity (Wildman–Crippen MR) is 75.7 cm³/mol. The fourth-order valence-electron chi connectivity index (χ4n) is 1.59. The van der Waals surface area contributed by atoms with Crippen molar-refractivity contribution in [3.63, 3.8) is 0 Å². The van der Waals surface area contributed by atoms with Crippen LogP contribution in [0.2, 0.25) is 0 Å². The summed E-state index contributed by atoms with van der Waals surface area (Å²) >= 11 is 0. The van der Waals surface area contributed by atoms with Gasteiger partial charge >= 0.3 is 5.97 Å². The van der Waals surface area contributed by atoms with E-state index in [1.807, 2.05) is 30.3 Å². The minimum atomic E-state index is -0.508. The Labute approximate surface area is 118 Å². The lowest BCUT2D eigenvalue weighted by Gasteiger charge is -2.15. The van der Waals surface area contributed by atoms with E-state index in [4.69, 9.17) is 9.84 Å². The molecule has 0 aliphatic heterocycles. The smallest absolute Gasteiger partial charge is 0.302 e. The highest BCUT2D eigenvalue weighted by Gasteiger charge is 2.11. The number of ether oxygens (including phenoxy) is 1. The minimum Gasteiger partial charge on any atom is -0.461 e. The van der Waals surface area contributed by atoms with E-state index in [0.717, 1.165) is 5.56 Å². The summed E-state index contributed by atoms with van der Waals surface area (Å²) < 4.78 is 4.97. The lowest BCUT2D eigenvalue weighted by molar-refractivity contribution is -0.147. The lowest BCUT2D eigenvalue weighted by Crippen LogP contribution is -2.34. The molecular formula is C15H19NO4. The van der Waals surface area contributed by atoms with Gasteiger partial charge in [0.15, 0.2) is 0 Å². The lowest BCUT2D eigenvalue weighted by atomic mass is 10.2. The van der Waals surface area contributed by atoms with E-state index in [9.17, 15) is 9.59 Å². The van der Waals surface area contributed by atoms with Crippen LogP contribution in [-0.4, -0.2) is 36.2 Å².